The van der Waals surface area contributed by atoms with Crippen molar-refractivity contribution in [2.75, 3.05) is 37.4 Å². The van der Waals surface area contributed by atoms with Gasteiger partial charge in [0.15, 0.2) is 0 Å². The maximum Gasteiger partial charge on any atom is 0.0547 e. The number of methoxy groups -OCH3 is 1. The van der Waals surface area contributed by atoms with Gasteiger partial charge >= 0.3 is 0 Å². The molecule has 0 amide bonds. The van der Waals surface area contributed by atoms with Gasteiger partial charge in [-0.3, -0.25) is 4.98 Å². The first-order chi connectivity index (χ1) is 7.86. The van der Waals surface area contributed by atoms with Crippen molar-refractivity contribution in [1.82, 2.24) is 4.98 Å². The van der Waals surface area contributed by atoms with Crippen molar-refractivity contribution in [2.45, 2.75) is 19.8 Å². The standard InChI is InChI=1S/C12H21N3O/c1-3-5-14-11-8-12(10-13-9-11)15-6-4-7-16-2/h8-10,14-15H,3-7H2,1-2H3. The third kappa shape index (κ3) is 4.98. The first kappa shape index (κ1) is 12.8. The van der Waals surface area contributed by atoms with Crippen LogP contribution >= 0.6 is 0 Å². The minimum absolute atomic E-state index is 0.786. The number of hydrogen-bond acceptors (Lipinski definition) is 4. The van der Waals surface area contributed by atoms with Crippen LogP contribution in [-0.2, 0) is 4.74 Å². The van der Waals surface area contributed by atoms with E-state index >= 15 is 0 Å². The van der Waals surface area contributed by atoms with Crippen LogP contribution in [0.4, 0.5) is 11.4 Å². The van der Waals surface area contributed by atoms with E-state index in [1.807, 2.05) is 12.4 Å². The minimum atomic E-state index is 0.786. The summed E-state index contributed by atoms with van der Waals surface area (Å²) in [6.45, 7) is 4.82. The maximum atomic E-state index is 4.99. The van der Waals surface area contributed by atoms with E-state index < -0.39 is 0 Å². The second-order valence-corrected chi connectivity index (χ2v) is 3.66. The zero-order chi connectivity index (χ0) is 11.6. The Labute approximate surface area is 97.4 Å². The summed E-state index contributed by atoms with van der Waals surface area (Å²) in [5.41, 5.74) is 2.12. The van der Waals surface area contributed by atoms with Gasteiger partial charge in [-0.25, -0.2) is 0 Å². The third-order valence-corrected chi connectivity index (χ3v) is 2.17. The van der Waals surface area contributed by atoms with Crippen LogP contribution in [0.1, 0.15) is 19.8 Å². The average molecular weight is 223 g/mol. The Hall–Kier alpha value is -1.29. The summed E-state index contributed by atoms with van der Waals surface area (Å²) >= 11 is 0. The van der Waals surface area contributed by atoms with Crippen LogP contribution in [0.5, 0.6) is 0 Å². The number of hydrogen-bond donors (Lipinski definition) is 2. The van der Waals surface area contributed by atoms with Crippen LogP contribution < -0.4 is 10.6 Å². The Morgan fingerprint density at radius 3 is 2.50 bits per heavy atom. The molecular weight excluding hydrogens is 202 g/mol. The lowest BCUT2D eigenvalue weighted by Gasteiger charge is -2.08. The van der Waals surface area contributed by atoms with Crippen LogP contribution in [0.25, 0.3) is 0 Å². The number of pyridine rings is 1. The van der Waals surface area contributed by atoms with Crippen molar-refractivity contribution >= 4 is 11.4 Å². The lowest BCUT2D eigenvalue weighted by Crippen LogP contribution is -2.06. The molecule has 4 nitrogen and oxygen atoms in total. The molecule has 0 radical (unpaired) electrons. The van der Waals surface area contributed by atoms with Crippen molar-refractivity contribution in [1.29, 1.82) is 0 Å². The number of ether oxygens (including phenoxy) is 1. The Balaban J connectivity index is 2.35. The number of anilines is 2. The zero-order valence-electron chi connectivity index (χ0n) is 10.1. The second kappa shape index (κ2) is 7.93. The monoisotopic (exact) mass is 223 g/mol. The van der Waals surface area contributed by atoms with E-state index in [0.29, 0.717) is 0 Å². The SMILES string of the molecule is CCCNc1cncc(NCCCOC)c1. The lowest BCUT2D eigenvalue weighted by atomic mass is 10.3. The smallest absolute Gasteiger partial charge is 0.0547 e. The fraction of sp³-hybridized carbons (Fsp3) is 0.583. The molecular formula is C12H21N3O. The Morgan fingerprint density at radius 1 is 1.19 bits per heavy atom. The van der Waals surface area contributed by atoms with E-state index in [0.717, 1.165) is 43.9 Å². The Bertz CT molecular complexity index is 291. The molecule has 0 aromatic carbocycles. The minimum Gasteiger partial charge on any atom is -0.385 e. The molecule has 1 heterocycles. The molecule has 1 aromatic rings. The summed E-state index contributed by atoms with van der Waals surface area (Å²) < 4.78 is 4.99. The molecule has 0 bridgehead atoms. The number of nitrogens with zero attached hydrogens (tertiary/aromatic N) is 1. The largest absolute Gasteiger partial charge is 0.385 e. The summed E-state index contributed by atoms with van der Waals surface area (Å²) in [6, 6.07) is 2.08. The molecule has 16 heavy (non-hydrogen) atoms. The predicted molar refractivity (Wildman–Crippen MR) is 68.0 cm³/mol. The van der Waals surface area contributed by atoms with Gasteiger partial charge in [0, 0.05) is 26.8 Å². The molecule has 0 unspecified atom stereocenters. The van der Waals surface area contributed by atoms with E-state index in [1.165, 1.54) is 0 Å². The average Bonchev–Trinajstić information content (AvgIpc) is 2.33. The van der Waals surface area contributed by atoms with Crippen molar-refractivity contribution in [3.05, 3.63) is 18.5 Å². The molecule has 4 heteroatoms. The van der Waals surface area contributed by atoms with Crippen LogP contribution in [0.3, 0.4) is 0 Å². The van der Waals surface area contributed by atoms with Crippen LogP contribution in [-0.4, -0.2) is 31.8 Å². The zero-order valence-corrected chi connectivity index (χ0v) is 10.1. The summed E-state index contributed by atoms with van der Waals surface area (Å²) in [5.74, 6) is 0. The first-order valence-corrected chi connectivity index (χ1v) is 5.78. The van der Waals surface area contributed by atoms with Gasteiger partial charge in [-0.2, -0.15) is 0 Å². The van der Waals surface area contributed by atoms with Gasteiger partial charge < -0.3 is 15.4 Å². The van der Waals surface area contributed by atoms with E-state index in [-0.39, 0.29) is 0 Å². The fourth-order valence-corrected chi connectivity index (χ4v) is 1.35. The first-order valence-electron chi connectivity index (χ1n) is 5.78. The second-order valence-electron chi connectivity index (χ2n) is 3.66. The number of aromatic nitrogens is 1. The molecule has 0 aliphatic rings. The fourth-order valence-electron chi connectivity index (χ4n) is 1.35. The van der Waals surface area contributed by atoms with Gasteiger partial charge in [0.1, 0.15) is 0 Å². The summed E-state index contributed by atoms with van der Waals surface area (Å²) in [7, 11) is 1.72. The molecule has 0 aliphatic heterocycles. The molecule has 1 aromatic heterocycles. The quantitative estimate of drug-likeness (QED) is 0.664. The Morgan fingerprint density at radius 2 is 1.88 bits per heavy atom. The molecule has 0 atom stereocenters. The van der Waals surface area contributed by atoms with Crippen LogP contribution in [0.15, 0.2) is 18.5 Å². The van der Waals surface area contributed by atoms with Crippen molar-refractivity contribution < 1.29 is 4.74 Å². The maximum absolute atomic E-state index is 4.99. The van der Waals surface area contributed by atoms with E-state index in [9.17, 15) is 0 Å². The van der Waals surface area contributed by atoms with Gasteiger partial charge in [-0.05, 0) is 18.9 Å². The molecule has 0 aliphatic carbocycles. The highest BCUT2D eigenvalue weighted by Gasteiger charge is 1.95. The molecule has 0 fully saturated rings. The lowest BCUT2D eigenvalue weighted by molar-refractivity contribution is 0.198. The van der Waals surface area contributed by atoms with Crippen LogP contribution in [0.2, 0.25) is 0 Å². The summed E-state index contributed by atoms with van der Waals surface area (Å²) in [4.78, 5) is 4.18. The van der Waals surface area contributed by atoms with Crippen LogP contribution in [0, 0.1) is 0 Å². The highest BCUT2D eigenvalue weighted by Crippen LogP contribution is 2.12. The normalized spacial score (nSPS) is 10.1. The molecule has 90 valence electrons. The molecule has 2 N–H and O–H groups in total. The van der Waals surface area contributed by atoms with Gasteiger partial charge in [0.25, 0.3) is 0 Å². The van der Waals surface area contributed by atoms with Crippen molar-refractivity contribution in [2.24, 2.45) is 0 Å². The van der Waals surface area contributed by atoms with Gasteiger partial charge in [0.2, 0.25) is 0 Å². The van der Waals surface area contributed by atoms with Gasteiger partial charge in [0.05, 0.1) is 23.8 Å². The third-order valence-electron chi connectivity index (χ3n) is 2.17. The van der Waals surface area contributed by atoms with E-state index in [4.69, 9.17) is 4.74 Å². The molecule has 0 saturated carbocycles. The molecule has 1 rings (SSSR count). The van der Waals surface area contributed by atoms with Gasteiger partial charge in [-0.15, -0.1) is 0 Å². The van der Waals surface area contributed by atoms with Gasteiger partial charge in [-0.1, -0.05) is 6.92 Å². The summed E-state index contributed by atoms with van der Waals surface area (Å²) in [5, 5.41) is 6.62. The van der Waals surface area contributed by atoms with E-state index in [2.05, 4.69) is 28.6 Å². The topological polar surface area (TPSA) is 46.2 Å². The number of rotatable bonds is 8. The highest BCUT2D eigenvalue weighted by atomic mass is 16.5. The van der Waals surface area contributed by atoms with Crippen molar-refractivity contribution in [3.63, 3.8) is 0 Å². The number of nitrogens with one attached hydrogen (secondary N) is 2. The predicted octanol–water partition coefficient (Wildman–Crippen LogP) is 2.35. The summed E-state index contributed by atoms with van der Waals surface area (Å²) in [6.07, 6.45) is 5.80. The van der Waals surface area contributed by atoms with Crippen molar-refractivity contribution in [3.8, 4) is 0 Å². The Kier molecular flexibility index (Phi) is 6.33. The molecule has 0 spiro atoms. The van der Waals surface area contributed by atoms with E-state index in [1.54, 1.807) is 7.11 Å². The highest BCUT2D eigenvalue weighted by molar-refractivity contribution is 5.53. The molecule has 0 saturated heterocycles.